The van der Waals surface area contributed by atoms with Crippen LogP contribution in [0.25, 0.3) is 0 Å². The van der Waals surface area contributed by atoms with Crippen molar-refractivity contribution in [3.63, 3.8) is 0 Å². The minimum Gasteiger partial charge on any atom is -0.456 e. The quantitative estimate of drug-likeness (QED) is 0.732. The van der Waals surface area contributed by atoms with Gasteiger partial charge in [0, 0.05) is 0 Å². The topological polar surface area (TPSA) is 89.5 Å². The predicted octanol–water partition coefficient (Wildman–Crippen LogP) is 1.83. The molecule has 7 heteroatoms. The molecule has 0 radical (unpaired) electrons. The summed E-state index contributed by atoms with van der Waals surface area (Å²) >= 11 is 0. The van der Waals surface area contributed by atoms with Gasteiger partial charge in [-0.25, -0.2) is 8.42 Å². The van der Waals surface area contributed by atoms with Gasteiger partial charge in [0.05, 0.1) is 23.5 Å². The molecule has 1 saturated heterocycles. The summed E-state index contributed by atoms with van der Waals surface area (Å²) in [6.07, 6.45) is 8.23. The molecular formula is C19H29NO5S. The normalized spacial score (nSPS) is 42.6. The molecule has 0 aromatic carbocycles. The van der Waals surface area contributed by atoms with Crippen molar-refractivity contribution < 1.29 is 22.7 Å². The number of nitrogens with one attached hydrogen (secondary N) is 1. The average molecular weight is 384 g/mol. The molecular weight excluding hydrogens is 354 g/mol. The summed E-state index contributed by atoms with van der Waals surface area (Å²) in [5, 5.41) is 2.73. The average Bonchev–Trinajstić information content (AvgIpc) is 2.76. The van der Waals surface area contributed by atoms with Gasteiger partial charge in [-0.3, -0.25) is 9.59 Å². The van der Waals surface area contributed by atoms with Crippen LogP contribution in [0.2, 0.25) is 0 Å². The fourth-order valence-electron chi connectivity index (χ4n) is 6.49. The van der Waals surface area contributed by atoms with Crippen molar-refractivity contribution in [2.45, 2.75) is 63.8 Å². The fourth-order valence-corrected chi connectivity index (χ4v) is 8.58. The second kappa shape index (κ2) is 6.21. The second-order valence-corrected chi connectivity index (χ2v) is 11.9. The standard InChI is InChI=1S/C19H29NO5S/c1-18(2-3-26(23,24)12-18)20-16(21)11-25-17(22)10-19-7-13-4-14(8-19)6-15(5-13)9-19/h13-15H,2-12H2,1H3,(H,20,21)/t13?,14?,15?,18-,19?/m0/s1. The lowest BCUT2D eigenvalue weighted by atomic mass is 9.49. The van der Waals surface area contributed by atoms with Gasteiger partial charge in [-0.2, -0.15) is 0 Å². The zero-order valence-electron chi connectivity index (χ0n) is 15.5. The maximum absolute atomic E-state index is 12.4. The van der Waals surface area contributed by atoms with Gasteiger partial charge in [-0.1, -0.05) is 0 Å². The van der Waals surface area contributed by atoms with Gasteiger partial charge >= 0.3 is 5.97 Å². The molecule has 1 atom stereocenters. The lowest BCUT2D eigenvalue weighted by Crippen LogP contribution is -2.49. The lowest BCUT2D eigenvalue weighted by Gasteiger charge is -2.56. The molecule has 4 aliphatic carbocycles. The number of rotatable bonds is 5. The number of sulfone groups is 1. The summed E-state index contributed by atoms with van der Waals surface area (Å²) in [5.74, 6) is 1.68. The summed E-state index contributed by atoms with van der Waals surface area (Å²) < 4.78 is 28.5. The third kappa shape index (κ3) is 3.78. The molecule has 146 valence electrons. The highest BCUT2D eigenvalue weighted by molar-refractivity contribution is 7.91. The van der Waals surface area contributed by atoms with Crippen molar-refractivity contribution in [3.05, 3.63) is 0 Å². The molecule has 1 N–H and O–H groups in total. The molecule has 0 aromatic rings. The first-order valence-electron chi connectivity index (χ1n) is 9.81. The fraction of sp³-hybridized carbons (Fsp3) is 0.895. The Morgan fingerprint density at radius 3 is 2.15 bits per heavy atom. The molecule has 6 nitrogen and oxygen atoms in total. The molecule has 4 bridgehead atoms. The molecule has 1 heterocycles. The lowest BCUT2D eigenvalue weighted by molar-refractivity contribution is -0.155. The summed E-state index contributed by atoms with van der Waals surface area (Å²) in [6, 6.07) is 0. The summed E-state index contributed by atoms with van der Waals surface area (Å²) in [5.41, 5.74) is -0.643. The van der Waals surface area contributed by atoms with E-state index in [-0.39, 0.29) is 29.5 Å². The van der Waals surface area contributed by atoms with Crippen LogP contribution in [0.1, 0.15) is 58.3 Å². The first-order valence-corrected chi connectivity index (χ1v) is 11.6. The number of amides is 1. The van der Waals surface area contributed by atoms with Gasteiger partial charge in [-0.15, -0.1) is 0 Å². The van der Waals surface area contributed by atoms with E-state index in [1.807, 2.05) is 0 Å². The van der Waals surface area contributed by atoms with Crippen LogP contribution in [0, 0.1) is 23.2 Å². The molecule has 0 aromatic heterocycles. The zero-order valence-corrected chi connectivity index (χ0v) is 16.3. The molecule has 5 aliphatic rings. The third-order valence-electron chi connectivity index (χ3n) is 6.99. The Morgan fingerprint density at radius 2 is 1.65 bits per heavy atom. The van der Waals surface area contributed by atoms with Crippen LogP contribution in [0.5, 0.6) is 0 Å². The SMILES string of the molecule is C[C@]1(NC(=O)COC(=O)CC23CC4CC(CC(C4)C2)C3)CCS(=O)(=O)C1. The van der Waals surface area contributed by atoms with Gasteiger partial charge in [0.2, 0.25) is 0 Å². The van der Waals surface area contributed by atoms with Crippen molar-refractivity contribution in [2.75, 3.05) is 18.1 Å². The number of hydrogen-bond acceptors (Lipinski definition) is 5. The van der Waals surface area contributed by atoms with Gasteiger partial charge in [0.25, 0.3) is 5.91 Å². The van der Waals surface area contributed by atoms with Crippen molar-refractivity contribution in [1.29, 1.82) is 0 Å². The van der Waals surface area contributed by atoms with E-state index in [1.165, 1.54) is 19.3 Å². The predicted molar refractivity (Wildman–Crippen MR) is 96.0 cm³/mol. The van der Waals surface area contributed by atoms with Crippen LogP contribution in [-0.2, 0) is 24.2 Å². The first kappa shape index (κ1) is 18.3. The number of carbonyl (C=O) groups excluding carboxylic acids is 2. The minimum absolute atomic E-state index is 0.0486. The number of esters is 1. The molecule has 5 rings (SSSR count). The molecule has 0 spiro atoms. The molecule has 1 amide bonds. The number of hydrogen-bond donors (Lipinski definition) is 1. The molecule has 1 aliphatic heterocycles. The van der Waals surface area contributed by atoms with Crippen LogP contribution >= 0.6 is 0 Å². The summed E-state index contributed by atoms with van der Waals surface area (Å²) in [6.45, 7) is 1.41. The highest BCUT2D eigenvalue weighted by Crippen LogP contribution is 2.61. The van der Waals surface area contributed by atoms with Crippen LogP contribution in [0.4, 0.5) is 0 Å². The Hall–Kier alpha value is -1.11. The Balaban J connectivity index is 1.26. The smallest absolute Gasteiger partial charge is 0.306 e. The van der Waals surface area contributed by atoms with E-state index in [0.717, 1.165) is 37.0 Å². The van der Waals surface area contributed by atoms with E-state index in [1.54, 1.807) is 6.92 Å². The Kier molecular flexibility index (Phi) is 4.36. The van der Waals surface area contributed by atoms with Crippen LogP contribution in [0.3, 0.4) is 0 Å². The zero-order chi connectivity index (χ0) is 18.6. The first-order chi connectivity index (χ1) is 12.1. The molecule has 4 saturated carbocycles. The van der Waals surface area contributed by atoms with Gasteiger partial charge < -0.3 is 10.1 Å². The van der Waals surface area contributed by atoms with Crippen molar-refractivity contribution >= 4 is 21.7 Å². The largest absolute Gasteiger partial charge is 0.456 e. The molecule has 26 heavy (non-hydrogen) atoms. The van der Waals surface area contributed by atoms with E-state index in [2.05, 4.69) is 5.32 Å². The van der Waals surface area contributed by atoms with Crippen molar-refractivity contribution in [2.24, 2.45) is 23.2 Å². The Labute approximate surface area is 155 Å². The second-order valence-electron chi connectivity index (χ2n) is 9.71. The maximum atomic E-state index is 12.4. The monoisotopic (exact) mass is 383 g/mol. The molecule has 5 fully saturated rings. The van der Waals surface area contributed by atoms with Crippen LogP contribution < -0.4 is 5.32 Å². The highest BCUT2D eigenvalue weighted by atomic mass is 32.2. The maximum Gasteiger partial charge on any atom is 0.306 e. The molecule has 0 unspecified atom stereocenters. The van der Waals surface area contributed by atoms with Crippen LogP contribution in [0.15, 0.2) is 0 Å². The van der Waals surface area contributed by atoms with Crippen molar-refractivity contribution in [1.82, 2.24) is 5.32 Å². The summed E-state index contributed by atoms with van der Waals surface area (Å²) in [7, 11) is -3.08. The summed E-state index contributed by atoms with van der Waals surface area (Å²) in [4.78, 5) is 24.5. The minimum atomic E-state index is -3.08. The third-order valence-corrected chi connectivity index (χ3v) is 8.90. The van der Waals surface area contributed by atoms with E-state index >= 15 is 0 Å². The van der Waals surface area contributed by atoms with E-state index in [0.29, 0.717) is 12.8 Å². The van der Waals surface area contributed by atoms with Gasteiger partial charge in [0.1, 0.15) is 0 Å². The van der Waals surface area contributed by atoms with Crippen molar-refractivity contribution in [3.8, 4) is 0 Å². The number of carbonyl (C=O) groups is 2. The van der Waals surface area contributed by atoms with Gasteiger partial charge in [0.15, 0.2) is 16.4 Å². The van der Waals surface area contributed by atoms with Gasteiger partial charge in [-0.05, 0) is 75.0 Å². The Bertz CT molecular complexity index is 680. The van der Waals surface area contributed by atoms with E-state index < -0.39 is 21.3 Å². The van der Waals surface area contributed by atoms with E-state index in [9.17, 15) is 18.0 Å². The number of ether oxygens (including phenoxy) is 1. The van der Waals surface area contributed by atoms with Crippen LogP contribution in [-0.4, -0.2) is 43.9 Å². The highest BCUT2D eigenvalue weighted by Gasteiger charge is 2.51. The Morgan fingerprint density at radius 1 is 1.08 bits per heavy atom. The van der Waals surface area contributed by atoms with E-state index in [4.69, 9.17) is 4.74 Å².